The fraction of sp³-hybridized carbons (Fsp3) is 0.778. The van der Waals surface area contributed by atoms with Gasteiger partial charge in [-0.2, -0.15) is 0 Å². The topological polar surface area (TPSA) is 49.4 Å². The van der Waals surface area contributed by atoms with Crippen molar-refractivity contribution in [2.24, 2.45) is 5.92 Å². The molecule has 1 aliphatic heterocycles. The van der Waals surface area contributed by atoms with E-state index in [9.17, 15) is 9.59 Å². The molecule has 0 aromatic heterocycles. The highest BCUT2D eigenvalue weighted by molar-refractivity contribution is 6.02. The molecule has 1 N–H and O–H groups in total. The van der Waals surface area contributed by atoms with Crippen LogP contribution in [-0.2, 0) is 4.79 Å². The zero-order valence-corrected chi connectivity index (χ0v) is 8.33. The van der Waals surface area contributed by atoms with Crippen LogP contribution in [0.4, 0.5) is 4.79 Å². The maximum Gasteiger partial charge on any atom is 0.324 e. The summed E-state index contributed by atoms with van der Waals surface area (Å²) in [6.07, 6.45) is 1.01. The van der Waals surface area contributed by atoms with Gasteiger partial charge in [0.25, 0.3) is 0 Å². The van der Waals surface area contributed by atoms with E-state index in [0.717, 1.165) is 6.42 Å². The molecular formula is C9H16N2O2. The van der Waals surface area contributed by atoms with Crippen molar-refractivity contribution in [3.05, 3.63) is 0 Å². The van der Waals surface area contributed by atoms with Gasteiger partial charge in [0.15, 0.2) is 0 Å². The number of hydrogen-bond acceptors (Lipinski definition) is 2. The summed E-state index contributed by atoms with van der Waals surface area (Å²) in [5, 5.41) is 2.27. The molecule has 0 bridgehead atoms. The molecule has 0 aromatic carbocycles. The quantitative estimate of drug-likeness (QED) is 0.664. The molecule has 0 spiro atoms. The first-order valence-electron chi connectivity index (χ1n) is 4.66. The van der Waals surface area contributed by atoms with Crippen LogP contribution in [0.5, 0.6) is 0 Å². The standard InChI is InChI=1S/C9H16N2O2/c1-4-6(2)7(3)11-5-8(12)10-9(11)13/h6-7H,4-5H2,1-3H3,(H,10,12,13). The molecule has 74 valence electrons. The van der Waals surface area contributed by atoms with Crippen LogP contribution in [0.25, 0.3) is 0 Å². The SMILES string of the molecule is CCC(C)C(C)N1CC(=O)NC1=O. The lowest BCUT2D eigenvalue weighted by atomic mass is 10.00. The third-order valence-corrected chi connectivity index (χ3v) is 2.78. The summed E-state index contributed by atoms with van der Waals surface area (Å²) in [4.78, 5) is 23.7. The Morgan fingerprint density at radius 3 is 2.46 bits per heavy atom. The fourth-order valence-corrected chi connectivity index (χ4v) is 1.43. The Hall–Kier alpha value is -1.06. The third-order valence-electron chi connectivity index (χ3n) is 2.78. The maximum atomic E-state index is 11.2. The van der Waals surface area contributed by atoms with Gasteiger partial charge in [-0.1, -0.05) is 20.3 Å². The van der Waals surface area contributed by atoms with Gasteiger partial charge < -0.3 is 4.90 Å². The molecule has 2 atom stereocenters. The van der Waals surface area contributed by atoms with Crippen LogP contribution >= 0.6 is 0 Å². The molecule has 1 heterocycles. The van der Waals surface area contributed by atoms with E-state index in [4.69, 9.17) is 0 Å². The Kier molecular flexibility index (Phi) is 2.90. The van der Waals surface area contributed by atoms with E-state index in [1.807, 2.05) is 6.92 Å². The molecule has 1 rings (SSSR count). The summed E-state index contributed by atoms with van der Waals surface area (Å²) >= 11 is 0. The van der Waals surface area contributed by atoms with Crippen LogP contribution in [0, 0.1) is 5.92 Å². The van der Waals surface area contributed by atoms with Gasteiger partial charge in [-0.15, -0.1) is 0 Å². The Morgan fingerprint density at radius 1 is 1.46 bits per heavy atom. The second-order valence-electron chi connectivity index (χ2n) is 3.61. The van der Waals surface area contributed by atoms with E-state index in [0.29, 0.717) is 5.92 Å². The fourth-order valence-electron chi connectivity index (χ4n) is 1.43. The zero-order valence-electron chi connectivity index (χ0n) is 8.33. The molecule has 0 aromatic rings. The van der Waals surface area contributed by atoms with Crippen molar-refractivity contribution < 1.29 is 9.59 Å². The van der Waals surface area contributed by atoms with Gasteiger partial charge in [0.1, 0.15) is 6.54 Å². The lowest BCUT2D eigenvalue weighted by molar-refractivity contribution is -0.118. The van der Waals surface area contributed by atoms with Crippen LogP contribution in [0.15, 0.2) is 0 Å². The average Bonchev–Trinajstić information content (AvgIpc) is 2.42. The molecule has 0 radical (unpaired) electrons. The van der Waals surface area contributed by atoms with E-state index in [1.165, 1.54) is 0 Å². The zero-order chi connectivity index (χ0) is 10.0. The Labute approximate surface area is 78.3 Å². The van der Waals surface area contributed by atoms with Crippen LogP contribution < -0.4 is 5.32 Å². The van der Waals surface area contributed by atoms with Gasteiger partial charge in [0.2, 0.25) is 5.91 Å². The van der Waals surface area contributed by atoms with Gasteiger partial charge >= 0.3 is 6.03 Å². The van der Waals surface area contributed by atoms with Crippen molar-refractivity contribution in [3.63, 3.8) is 0 Å². The minimum Gasteiger partial charge on any atom is -0.312 e. The second kappa shape index (κ2) is 3.77. The number of carbonyl (C=O) groups is 2. The van der Waals surface area contributed by atoms with Crippen molar-refractivity contribution in [3.8, 4) is 0 Å². The number of hydrogen-bond donors (Lipinski definition) is 1. The van der Waals surface area contributed by atoms with Crippen LogP contribution in [0.2, 0.25) is 0 Å². The monoisotopic (exact) mass is 184 g/mol. The minimum absolute atomic E-state index is 0.136. The molecule has 13 heavy (non-hydrogen) atoms. The van der Waals surface area contributed by atoms with Gasteiger partial charge in [-0.05, 0) is 12.8 Å². The molecule has 4 heteroatoms. The third kappa shape index (κ3) is 1.99. The molecule has 2 unspecified atom stereocenters. The van der Waals surface area contributed by atoms with E-state index < -0.39 is 0 Å². The van der Waals surface area contributed by atoms with Crippen molar-refractivity contribution in [1.82, 2.24) is 10.2 Å². The van der Waals surface area contributed by atoms with E-state index in [-0.39, 0.29) is 24.5 Å². The number of nitrogens with zero attached hydrogens (tertiary/aromatic N) is 1. The largest absolute Gasteiger partial charge is 0.324 e. The van der Waals surface area contributed by atoms with Crippen LogP contribution in [0.1, 0.15) is 27.2 Å². The maximum absolute atomic E-state index is 11.2. The van der Waals surface area contributed by atoms with Gasteiger partial charge in [0.05, 0.1) is 0 Å². The number of urea groups is 1. The predicted molar refractivity (Wildman–Crippen MR) is 49.2 cm³/mol. The predicted octanol–water partition coefficient (Wildman–Crippen LogP) is 0.973. The lowest BCUT2D eigenvalue weighted by Crippen LogP contribution is -2.39. The Morgan fingerprint density at radius 2 is 2.08 bits per heavy atom. The highest BCUT2D eigenvalue weighted by Gasteiger charge is 2.32. The Balaban J connectivity index is 2.61. The average molecular weight is 184 g/mol. The molecule has 4 nitrogen and oxygen atoms in total. The highest BCUT2D eigenvalue weighted by atomic mass is 16.2. The smallest absolute Gasteiger partial charge is 0.312 e. The van der Waals surface area contributed by atoms with Crippen molar-refractivity contribution in [1.29, 1.82) is 0 Å². The van der Waals surface area contributed by atoms with Crippen LogP contribution in [0.3, 0.4) is 0 Å². The molecule has 0 saturated carbocycles. The Bertz CT molecular complexity index is 228. The molecular weight excluding hydrogens is 168 g/mol. The number of imide groups is 1. The summed E-state index contributed by atoms with van der Waals surface area (Å²) in [5.41, 5.74) is 0. The summed E-state index contributed by atoms with van der Waals surface area (Å²) < 4.78 is 0. The summed E-state index contributed by atoms with van der Waals surface area (Å²) in [6.45, 7) is 6.36. The number of rotatable bonds is 3. The molecule has 0 aliphatic carbocycles. The van der Waals surface area contributed by atoms with Crippen molar-refractivity contribution in [2.45, 2.75) is 33.2 Å². The van der Waals surface area contributed by atoms with E-state index >= 15 is 0 Å². The van der Waals surface area contributed by atoms with Gasteiger partial charge in [0, 0.05) is 6.04 Å². The van der Waals surface area contributed by atoms with Gasteiger partial charge in [-0.25, -0.2) is 4.79 Å². The number of carbonyl (C=O) groups excluding carboxylic acids is 2. The second-order valence-corrected chi connectivity index (χ2v) is 3.61. The first kappa shape index (κ1) is 10.0. The highest BCUT2D eigenvalue weighted by Crippen LogP contribution is 2.15. The van der Waals surface area contributed by atoms with Crippen molar-refractivity contribution in [2.75, 3.05) is 6.54 Å². The summed E-state index contributed by atoms with van der Waals surface area (Å²) in [6, 6.07) is -0.116. The summed E-state index contributed by atoms with van der Waals surface area (Å²) in [5.74, 6) is 0.233. The van der Waals surface area contributed by atoms with Gasteiger partial charge in [-0.3, -0.25) is 10.1 Å². The van der Waals surface area contributed by atoms with E-state index in [1.54, 1.807) is 4.90 Å². The minimum atomic E-state index is -0.252. The molecule has 1 fully saturated rings. The number of amides is 3. The molecule has 1 saturated heterocycles. The first-order valence-corrected chi connectivity index (χ1v) is 4.66. The normalized spacial score (nSPS) is 21.6. The first-order chi connectivity index (χ1) is 6.06. The van der Waals surface area contributed by atoms with Crippen LogP contribution in [-0.4, -0.2) is 29.4 Å². The summed E-state index contributed by atoms with van der Waals surface area (Å²) in [7, 11) is 0. The number of nitrogens with one attached hydrogen (secondary N) is 1. The molecule has 3 amide bonds. The van der Waals surface area contributed by atoms with E-state index in [2.05, 4.69) is 19.2 Å². The van der Waals surface area contributed by atoms with Crippen molar-refractivity contribution >= 4 is 11.9 Å². The molecule has 1 aliphatic rings. The lowest BCUT2D eigenvalue weighted by Gasteiger charge is -2.27.